The van der Waals surface area contributed by atoms with Gasteiger partial charge < -0.3 is 10.2 Å². The van der Waals surface area contributed by atoms with Crippen molar-refractivity contribution in [3.8, 4) is 0 Å². The van der Waals surface area contributed by atoms with Gasteiger partial charge in [-0.25, -0.2) is 13.8 Å². The van der Waals surface area contributed by atoms with Gasteiger partial charge in [0.05, 0.1) is 6.42 Å². The van der Waals surface area contributed by atoms with Crippen molar-refractivity contribution >= 4 is 11.6 Å². The third kappa shape index (κ3) is 4.53. The van der Waals surface area contributed by atoms with Crippen LogP contribution in [0.2, 0.25) is 0 Å². The molecule has 1 rings (SSSR count). The van der Waals surface area contributed by atoms with E-state index in [0.717, 1.165) is 4.90 Å². The van der Waals surface area contributed by atoms with Crippen molar-refractivity contribution in [3.63, 3.8) is 0 Å². The molecule has 0 atom stereocenters. The van der Waals surface area contributed by atoms with E-state index in [1.165, 1.54) is 7.05 Å². The maximum atomic E-state index is 13.5. The van der Waals surface area contributed by atoms with E-state index in [1.54, 1.807) is 6.92 Å². The number of alkyl halides is 3. The molecular formula is C11H14F5N3. The largest absolute Gasteiger partial charge is 0.390 e. The van der Waals surface area contributed by atoms with Crippen molar-refractivity contribution in [3.05, 3.63) is 17.7 Å². The molecule has 0 unspecified atom stereocenters. The maximum absolute atomic E-state index is 13.5. The molecule has 0 spiro atoms. The number of hydrogen-bond donors (Lipinski definition) is 1. The van der Waals surface area contributed by atoms with E-state index in [2.05, 4.69) is 10.3 Å². The Bertz CT molecular complexity index is 433. The zero-order valence-corrected chi connectivity index (χ0v) is 10.5. The molecule has 0 radical (unpaired) electrons. The fourth-order valence-corrected chi connectivity index (χ4v) is 1.42. The van der Waals surface area contributed by atoms with Crippen molar-refractivity contribution in [2.45, 2.75) is 19.5 Å². The minimum atomic E-state index is -4.34. The molecule has 0 fully saturated rings. The second-order valence-electron chi connectivity index (χ2n) is 3.94. The molecule has 0 saturated carbocycles. The van der Waals surface area contributed by atoms with E-state index in [4.69, 9.17) is 0 Å². The normalized spacial score (nSPS) is 11.5. The molecule has 0 aromatic carbocycles. The summed E-state index contributed by atoms with van der Waals surface area (Å²) in [6.45, 7) is 1.60. The van der Waals surface area contributed by atoms with Gasteiger partial charge in [0.1, 0.15) is 0 Å². The topological polar surface area (TPSA) is 28.2 Å². The van der Waals surface area contributed by atoms with Gasteiger partial charge in [-0.15, -0.1) is 0 Å². The van der Waals surface area contributed by atoms with Crippen LogP contribution in [-0.2, 0) is 0 Å². The van der Waals surface area contributed by atoms with Crippen LogP contribution in [0.1, 0.15) is 13.3 Å². The average Bonchev–Trinajstić information content (AvgIpc) is 2.29. The first-order chi connectivity index (χ1) is 8.74. The van der Waals surface area contributed by atoms with Gasteiger partial charge in [-0.3, -0.25) is 0 Å². The molecule has 0 aliphatic carbocycles. The van der Waals surface area contributed by atoms with E-state index in [0.29, 0.717) is 12.6 Å². The van der Waals surface area contributed by atoms with Crippen LogP contribution < -0.4 is 10.2 Å². The van der Waals surface area contributed by atoms with Crippen molar-refractivity contribution < 1.29 is 22.0 Å². The van der Waals surface area contributed by atoms with E-state index in [9.17, 15) is 22.0 Å². The van der Waals surface area contributed by atoms with Crippen molar-refractivity contribution in [1.82, 2.24) is 4.98 Å². The number of rotatable bonds is 5. The molecular weight excluding hydrogens is 269 g/mol. The highest BCUT2D eigenvalue weighted by atomic mass is 19.4. The number of pyridine rings is 1. The molecule has 3 nitrogen and oxygen atoms in total. The molecule has 0 saturated heterocycles. The Balaban J connectivity index is 2.89. The molecule has 0 aliphatic heterocycles. The Morgan fingerprint density at radius 3 is 2.42 bits per heavy atom. The number of hydrogen-bond acceptors (Lipinski definition) is 3. The molecule has 108 valence electrons. The number of aromatic nitrogens is 1. The summed E-state index contributed by atoms with van der Waals surface area (Å²) in [6, 6.07) is 0.602. The third-order valence-electron chi connectivity index (χ3n) is 2.35. The number of halogens is 5. The lowest BCUT2D eigenvalue weighted by Crippen LogP contribution is -2.26. The molecule has 19 heavy (non-hydrogen) atoms. The average molecular weight is 283 g/mol. The van der Waals surface area contributed by atoms with Crippen LogP contribution in [0.25, 0.3) is 0 Å². The summed E-state index contributed by atoms with van der Waals surface area (Å²) in [5, 5.41) is 2.57. The summed E-state index contributed by atoms with van der Waals surface area (Å²) in [6.07, 6.45) is -5.44. The summed E-state index contributed by atoms with van der Waals surface area (Å²) in [4.78, 5) is 4.66. The Kier molecular flexibility index (Phi) is 4.90. The predicted octanol–water partition coefficient (Wildman–Crippen LogP) is 3.18. The Hall–Kier alpha value is -1.60. The third-order valence-corrected chi connectivity index (χ3v) is 2.35. The van der Waals surface area contributed by atoms with Crippen LogP contribution in [0.3, 0.4) is 0 Å². The van der Waals surface area contributed by atoms with Crippen molar-refractivity contribution in [2.24, 2.45) is 0 Å². The molecule has 0 amide bonds. The summed E-state index contributed by atoms with van der Waals surface area (Å²) in [7, 11) is 1.27. The first-order valence-electron chi connectivity index (χ1n) is 5.62. The standard InChI is InChI=1S/C11H14F5N3/c1-3-17-9-7(12)6-8(13)10(18-9)19(2)5-4-11(14,15)16/h6H,3-5H2,1-2H3,(H,17,18). The van der Waals surface area contributed by atoms with Gasteiger partial charge in [0.25, 0.3) is 0 Å². The highest BCUT2D eigenvalue weighted by Gasteiger charge is 2.28. The summed E-state index contributed by atoms with van der Waals surface area (Å²) in [5.74, 6) is -2.38. The molecule has 0 bridgehead atoms. The van der Waals surface area contributed by atoms with Crippen LogP contribution in [-0.4, -0.2) is 31.3 Å². The quantitative estimate of drug-likeness (QED) is 0.841. The van der Waals surface area contributed by atoms with Crippen molar-refractivity contribution in [2.75, 3.05) is 30.4 Å². The molecule has 1 aromatic heterocycles. The van der Waals surface area contributed by atoms with Gasteiger partial charge in [0.15, 0.2) is 23.3 Å². The van der Waals surface area contributed by atoms with E-state index in [-0.39, 0.29) is 11.6 Å². The molecule has 0 aliphatic rings. The maximum Gasteiger partial charge on any atom is 0.390 e. The lowest BCUT2D eigenvalue weighted by atomic mass is 10.3. The second kappa shape index (κ2) is 6.03. The van der Waals surface area contributed by atoms with E-state index < -0.39 is 30.8 Å². The fourth-order valence-electron chi connectivity index (χ4n) is 1.42. The minimum absolute atomic E-state index is 0.183. The van der Waals surface area contributed by atoms with Crippen LogP contribution in [0.15, 0.2) is 6.07 Å². The lowest BCUT2D eigenvalue weighted by Gasteiger charge is -2.20. The molecule has 1 heterocycles. The van der Waals surface area contributed by atoms with Gasteiger partial charge in [0.2, 0.25) is 0 Å². The molecule has 1 aromatic rings. The summed E-state index contributed by atoms with van der Waals surface area (Å²) in [5.41, 5.74) is 0. The number of nitrogens with one attached hydrogen (secondary N) is 1. The van der Waals surface area contributed by atoms with Crippen LogP contribution >= 0.6 is 0 Å². The van der Waals surface area contributed by atoms with Gasteiger partial charge >= 0.3 is 6.18 Å². The molecule has 8 heteroatoms. The monoisotopic (exact) mass is 283 g/mol. The molecule has 1 N–H and O–H groups in total. The van der Waals surface area contributed by atoms with Gasteiger partial charge in [-0.05, 0) is 6.92 Å². The van der Waals surface area contributed by atoms with Gasteiger partial charge in [-0.1, -0.05) is 0 Å². The summed E-state index contributed by atoms with van der Waals surface area (Å²) < 4.78 is 63.0. The minimum Gasteiger partial charge on any atom is -0.368 e. The highest BCUT2D eigenvalue weighted by molar-refractivity contribution is 5.48. The predicted molar refractivity (Wildman–Crippen MR) is 62.3 cm³/mol. The van der Waals surface area contributed by atoms with E-state index in [1.807, 2.05) is 0 Å². The van der Waals surface area contributed by atoms with E-state index >= 15 is 0 Å². The summed E-state index contributed by atoms with van der Waals surface area (Å²) >= 11 is 0. The number of anilines is 2. The van der Waals surface area contributed by atoms with Gasteiger partial charge in [0, 0.05) is 26.2 Å². The zero-order valence-electron chi connectivity index (χ0n) is 10.5. The Morgan fingerprint density at radius 1 is 1.26 bits per heavy atom. The smallest absolute Gasteiger partial charge is 0.368 e. The van der Waals surface area contributed by atoms with Gasteiger partial charge in [-0.2, -0.15) is 13.2 Å². The highest BCUT2D eigenvalue weighted by Crippen LogP contribution is 2.24. The SMILES string of the molecule is CCNc1nc(N(C)CCC(F)(F)F)c(F)cc1F. The lowest BCUT2D eigenvalue weighted by molar-refractivity contribution is -0.132. The van der Waals surface area contributed by atoms with Crippen molar-refractivity contribution in [1.29, 1.82) is 0 Å². The Morgan fingerprint density at radius 2 is 1.89 bits per heavy atom. The van der Waals surface area contributed by atoms with Crippen LogP contribution in [0.4, 0.5) is 33.6 Å². The fraction of sp³-hybridized carbons (Fsp3) is 0.545. The Labute approximate surface area is 107 Å². The first-order valence-corrected chi connectivity index (χ1v) is 5.62. The van der Waals surface area contributed by atoms with Crippen LogP contribution in [0, 0.1) is 11.6 Å². The number of nitrogens with zero attached hydrogens (tertiary/aromatic N) is 2. The second-order valence-corrected chi connectivity index (χ2v) is 3.94. The first kappa shape index (κ1) is 15.5. The van der Waals surface area contributed by atoms with Crippen LogP contribution in [0.5, 0.6) is 0 Å². The zero-order chi connectivity index (χ0) is 14.6.